The van der Waals surface area contributed by atoms with Crippen LogP contribution in [0, 0.1) is 5.92 Å². The number of piperidine rings is 1. The largest absolute Gasteiger partial charge is 0.349 e. The molecule has 0 aromatic heterocycles. The number of amides is 2. The van der Waals surface area contributed by atoms with Gasteiger partial charge in [0.2, 0.25) is 11.8 Å². The molecule has 0 bridgehead atoms. The molecule has 2 amide bonds. The molecular weight excluding hydrogens is 402 g/mol. The van der Waals surface area contributed by atoms with Crippen molar-refractivity contribution in [2.75, 3.05) is 40.8 Å². The Morgan fingerprint density at radius 2 is 1.80 bits per heavy atom. The Morgan fingerprint density at radius 1 is 1.13 bits per heavy atom. The van der Waals surface area contributed by atoms with Crippen molar-refractivity contribution in [2.45, 2.75) is 44.1 Å². The number of Topliss-reactive ketones (excluding diaryl/α,β-unsaturated/α-hetero) is 1. The molecule has 0 spiro atoms. The molecule has 164 valence electrons. The van der Waals surface area contributed by atoms with Gasteiger partial charge in [-0.2, -0.15) is 0 Å². The van der Waals surface area contributed by atoms with E-state index in [-0.39, 0.29) is 30.1 Å². The lowest BCUT2D eigenvalue weighted by Crippen LogP contribution is -2.56. The number of ketones is 1. The van der Waals surface area contributed by atoms with Crippen LogP contribution in [-0.2, 0) is 19.9 Å². The summed E-state index contributed by atoms with van der Waals surface area (Å²) in [7, 11) is 5.29. The Labute approximate surface area is 184 Å². The van der Waals surface area contributed by atoms with Crippen LogP contribution in [0.25, 0.3) is 0 Å². The molecule has 1 aliphatic heterocycles. The van der Waals surface area contributed by atoms with Crippen molar-refractivity contribution < 1.29 is 14.4 Å². The summed E-state index contributed by atoms with van der Waals surface area (Å²) in [6, 6.07) is 7.36. The van der Waals surface area contributed by atoms with E-state index >= 15 is 0 Å². The molecule has 6 nitrogen and oxygen atoms in total. The van der Waals surface area contributed by atoms with E-state index in [0.717, 1.165) is 31.2 Å². The van der Waals surface area contributed by atoms with Gasteiger partial charge >= 0.3 is 0 Å². The summed E-state index contributed by atoms with van der Waals surface area (Å²) in [5.74, 6) is 0.164. The van der Waals surface area contributed by atoms with Gasteiger partial charge in [-0.15, -0.1) is 0 Å². The van der Waals surface area contributed by atoms with Crippen LogP contribution < -0.4 is 0 Å². The summed E-state index contributed by atoms with van der Waals surface area (Å²) in [4.78, 5) is 44.0. The number of halogens is 1. The molecule has 1 saturated heterocycles. The molecule has 1 heterocycles. The summed E-state index contributed by atoms with van der Waals surface area (Å²) >= 11 is 6.49. The second-order valence-electron chi connectivity index (χ2n) is 8.71. The number of hydrogen-bond donors (Lipinski definition) is 0. The van der Waals surface area contributed by atoms with Crippen LogP contribution in [0.4, 0.5) is 0 Å². The smallest absolute Gasteiger partial charge is 0.237 e. The van der Waals surface area contributed by atoms with Crippen LogP contribution in [0.2, 0.25) is 5.02 Å². The number of carbonyl (C=O) groups excluding carboxylic acids is 3. The standard InChI is InChI=1S/C23H32ClN3O3/c1-25(2)22(30)17-11-14-27(15-12-17)16-21(29)26(3)23(13-7-6-10-20(23)28)18-8-4-5-9-19(18)24/h4-5,8-9,17H,6-7,10-16H2,1-3H3. The zero-order valence-electron chi connectivity index (χ0n) is 18.2. The lowest BCUT2D eigenvalue weighted by molar-refractivity contribution is -0.149. The van der Waals surface area contributed by atoms with Crippen LogP contribution in [0.5, 0.6) is 0 Å². The average Bonchev–Trinajstić information content (AvgIpc) is 2.74. The van der Waals surface area contributed by atoms with Gasteiger partial charge in [0.25, 0.3) is 0 Å². The van der Waals surface area contributed by atoms with Gasteiger partial charge in [0.15, 0.2) is 5.78 Å². The Bertz CT molecular complexity index is 805. The Kier molecular flexibility index (Phi) is 7.19. The number of likely N-dealkylation sites (tertiary alicyclic amines) is 1. The Balaban J connectivity index is 1.74. The van der Waals surface area contributed by atoms with Crippen molar-refractivity contribution >= 4 is 29.2 Å². The van der Waals surface area contributed by atoms with E-state index in [4.69, 9.17) is 11.6 Å². The molecule has 1 aromatic rings. The van der Waals surface area contributed by atoms with Crippen molar-refractivity contribution in [3.05, 3.63) is 34.9 Å². The maximum absolute atomic E-state index is 13.3. The number of nitrogens with zero attached hydrogens (tertiary/aromatic N) is 3. The summed E-state index contributed by atoms with van der Waals surface area (Å²) in [5, 5.41) is 0.524. The van der Waals surface area contributed by atoms with Gasteiger partial charge in [0, 0.05) is 44.1 Å². The van der Waals surface area contributed by atoms with Crippen LogP contribution in [-0.4, -0.2) is 73.1 Å². The van der Waals surface area contributed by atoms with Crippen LogP contribution in [0.15, 0.2) is 24.3 Å². The SMILES string of the molecule is CN(C)C(=O)C1CCN(CC(=O)N(C)C2(c3ccccc3Cl)CCCCC2=O)CC1. The lowest BCUT2D eigenvalue weighted by Gasteiger charge is -2.44. The third-order valence-electron chi connectivity index (χ3n) is 6.66. The van der Waals surface area contributed by atoms with Crippen LogP contribution in [0.1, 0.15) is 44.1 Å². The number of carbonyl (C=O) groups is 3. The van der Waals surface area contributed by atoms with E-state index in [0.29, 0.717) is 31.0 Å². The molecule has 3 rings (SSSR count). The van der Waals surface area contributed by atoms with E-state index in [9.17, 15) is 14.4 Å². The molecular formula is C23H32ClN3O3. The second-order valence-corrected chi connectivity index (χ2v) is 9.11. The Hall–Kier alpha value is -1.92. The summed E-state index contributed by atoms with van der Waals surface area (Å²) in [5.41, 5.74) is -0.269. The molecule has 1 saturated carbocycles. The molecule has 1 unspecified atom stereocenters. The quantitative estimate of drug-likeness (QED) is 0.716. The number of benzene rings is 1. The van der Waals surface area contributed by atoms with Crippen molar-refractivity contribution in [1.82, 2.24) is 14.7 Å². The predicted molar refractivity (Wildman–Crippen MR) is 117 cm³/mol. The average molecular weight is 434 g/mol. The molecule has 0 radical (unpaired) electrons. The van der Waals surface area contributed by atoms with Crippen molar-refractivity contribution in [1.29, 1.82) is 0 Å². The molecule has 1 aromatic carbocycles. The zero-order chi connectivity index (χ0) is 21.9. The fourth-order valence-corrected chi connectivity index (χ4v) is 5.13. The highest BCUT2D eigenvalue weighted by atomic mass is 35.5. The summed E-state index contributed by atoms with van der Waals surface area (Å²) < 4.78 is 0. The lowest BCUT2D eigenvalue weighted by atomic mass is 9.74. The molecule has 30 heavy (non-hydrogen) atoms. The normalized spacial score (nSPS) is 23.3. The first-order chi connectivity index (χ1) is 14.3. The van der Waals surface area contributed by atoms with Gasteiger partial charge in [-0.3, -0.25) is 19.3 Å². The van der Waals surface area contributed by atoms with Gasteiger partial charge in [0.05, 0.1) is 6.54 Å². The highest BCUT2D eigenvalue weighted by Gasteiger charge is 2.48. The molecule has 2 fully saturated rings. The minimum Gasteiger partial charge on any atom is -0.349 e. The topological polar surface area (TPSA) is 60.9 Å². The number of rotatable bonds is 5. The molecule has 1 aliphatic carbocycles. The van der Waals surface area contributed by atoms with E-state index in [1.165, 1.54) is 0 Å². The highest BCUT2D eigenvalue weighted by Crippen LogP contribution is 2.42. The van der Waals surface area contributed by atoms with Crippen LogP contribution >= 0.6 is 11.6 Å². The van der Waals surface area contributed by atoms with Gasteiger partial charge in [-0.1, -0.05) is 29.8 Å². The minimum absolute atomic E-state index is 0.0264. The van der Waals surface area contributed by atoms with Crippen LogP contribution in [0.3, 0.4) is 0 Å². The molecule has 7 heteroatoms. The van der Waals surface area contributed by atoms with Gasteiger partial charge in [0.1, 0.15) is 5.54 Å². The minimum atomic E-state index is -0.993. The van der Waals surface area contributed by atoms with Crippen molar-refractivity contribution in [3.8, 4) is 0 Å². The third kappa shape index (κ3) is 4.40. The van der Waals surface area contributed by atoms with Gasteiger partial charge in [-0.25, -0.2) is 0 Å². The fraction of sp³-hybridized carbons (Fsp3) is 0.609. The Morgan fingerprint density at radius 3 is 2.40 bits per heavy atom. The van der Waals surface area contributed by atoms with Crippen molar-refractivity contribution in [2.24, 2.45) is 5.92 Å². The molecule has 1 atom stereocenters. The molecule has 2 aliphatic rings. The number of likely N-dealkylation sites (N-methyl/N-ethyl adjacent to an activating group) is 1. The fourth-order valence-electron chi connectivity index (χ4n) is 4.84. The first-order valence-electron chi connectivity index (χ1n) is 10.8. The van der Waals surface area contributed by atoms with Gasteiger partial charge < -0.3 is 9.80 Å². The highest BCUT2D eigenvalue weighted by molar-refractivity contribution is 6.31. The number of hydrogen-bond acceptors (Lipinski definition) is 4. The monoisotopic (exact) mass is 433 g/mol. The van der Waals surface area contributed by atoms with E-state index in [1.54, 1.807) is 37.0 Å². The van der Waals surface area contributed by atoms with Crippen molar-refractivity contribution in [3.63, 3.8) is 0 Å². The first-order valence-corrected chi connectivity index (χ1v) is 11.1. The van der Waals surface area contributed by atoms with E-state index in [1.807, 2.05) is 18.2 Å². The zero-order valence-corrected chi connectivity index (χ0v) is 19.0. The first kappa shape index (κ1) is 22.8. The summed E-state index contributed by atoms with van der Waals surface area (Å²) in [6.45, 7) is 1.66. The predicted octanol–water partition coefficient (Wildman–Crippen LogP) is 2.94. The maximum Gasteiger partial charge on any atom is 0.237 e. The van der Waals surface area contributed by atoms with E-state index < -0.39 is 5.54 Å². The third-order valence-corrected chi connectivity index (χ3v) is 6.99. The summed E-state index contributed by atoms with van der Waals surface area (Å²) in [6.07, 6.45) is 4.29. The molecule has 0 N–H and O–H groups in total. The van der Waals surface area contributed by atoms with Gasteiger partial charge in [-0.05, 0) is 51.3 Å². The van der Waals surface area contributed by atoms with E-state index in [2.05, 4.69) is 4.90 Å². The second kappa shape index (κ2) is 9.48. The maximum atomic E-state index is 13.3.